The highest BCUT2D eigenvalue weighted by molar-refractivity contribution is 6.48. The van der Waals surface area contributed by atoms with Gasteiger partial charge in [0.15, 0.2) is 5.78 Å². The van der Waals surface area contributed by atoms with Gasteiger partial charge >= 0.3 is 12.4 Å². The zero-order valence-electron chi connectivity index (χ0n) is 19.5. The van der Waals surface area contributed by atoms with Crippen LogP contribution in [-0.4, -0.2) is 42.3 Å². The summed E-state index contributed by atoms with van der Waals surface area (Å²) in [6.45, 7) is 1.42. The van der Waals surface area contributed by atoms with Crippen molar-refractivity contribution in [2.75, 3.05) is 13.2 Å². The molecule has 0 N–H and O–H groups in total. The summed E-state index contributed by atoms with van der Waals surface area (Å²) in [5.41, 5.74) is -0.817. The molecule has 1 amide bonds. The summed E-state index contributed by atoms with van der Waals surface area (Å²) < 4.78 is 94.2. The average Bonchev–Trinajstić information content (AvgIpc) is 3.16. The Balaban J connectivity index is 1.86. The van der Waals surface area contributed by atoms with Crippen molar-refractivity contribution < 1.29 is 45.2 Å². The SMILES string of the molecule is C=Cc1cc(/C(F)=C/C(c2cc(Cl)c(Cl)c(Cl)c2)C(F)(F)F)ccc1C(=O)C[C@@H]1CON(CC(F)(F)F)C1=O. The second-order valence-corrected chi connectivity index (χ2v) is 9.64. The van der Waals surface area contributed by atoms with E-state index in [9.17, 15) is 35.9 Å². The van der Waals surface area contributed by atoms with E-state index < -0.39 is 66.8 Å². The topological polar surface area (TPSA) is 46.6 Å². The minimum absolute atomic E-state index is 0.0284. The first kappa shape index (κ1) is 30.9. The van der Waals surface area contributed by atoms with Gasteiger partial charge in [0, 0.05) is 17.5 Å². The molecule has 14 heteroatoms. The first-order valence-electron chi connectivity index (χ1n) is 10.9. The van der Waals surface area contributed by atoms with Gasteiger partial charge in [-0.05, 0) is 35.4 Å². The van der Waals surface area contributed by atoms with E-state index >= 15 is 4.39 Å². The molecule has 2 aromatic carbocycles. The Kier molecular flexibility index (Phi) is 9.42. The van der Waals surface area contributed by atoms with Crippen molar-refractivity contribution in [3.8, 4) is 0 Å². The Hall–Kier alpha value is -2.60. The number of halogens is 10. The van der Waals surface area contributed by atoms with E-state index in [1.807, 2.05) is 0 Å². The molecule has 210 valence electrons. The average molecular weight is 619 g/mol. The number of rotatable bonds is 8. The van der Waals surface area contributed by atoms with Crippen molar-refractivity contribution in [1.82, 2.24) is 5.06 Å². The van der Waals surface area contributed by atoms with Crippen molar-refractivity contribution >= 4 is 58.4 Å². The van der Waals surface area contributed by atoms with Crippen LogP contribution in [0.25, 0.3) is 11.9 Å². The van der Waals surface area contributed by atoms with Gasteiger partial charge in [0.1, 0.15) is 18.3 Å². The molecular weight excluding hydrogens is 602 g/mol. The summed E-state index contributed by atoms with van der Waals surface area (Å²) in [5, 5.41) is -0.547. The molecule has 0 spiro atoms. The molecule has 2 aromatic rings. The lowest BCUT2D eigenvalue weighted by Crippen LogP contribution is -2.35. The molecular formula is C25H17Cl3F7NO3. The third kappa shape index (κ3) is 7.53. The van der Waals surface area contributed by atoms with Gasteiger partial charge in [-0.1, -0.05) is 59.6 Å². The highest BCUT2D eigenvalue weighted by atomic mass is 35.5. The summed E-state index contributed by atoms with van der Waals surface area (Å²) in [6.07, 6.45) is -8.70. The van der Waals surface area contributed by atoms with Gasteiger partial charge in [0.05, 0.1) is 27.6 Å². The van der Waals surface area contributed by atoms with Crippen molar-refractivity contribution in [1.29, 1.82) is 0 Å². The van der Waals surface area contributed by atoms with Crippen molar-refractivity contribution in [2.45, 2.75) is 24.7 Å². The van der Waals surface area contributed by atoms with Gasteiger partial charge in [-0.3, -0.25) is 14.4 Å². The molecule has 1 saturated heterocycles. The number of nitrogens with zero attached hydrogens (tertiary/aromatic N) is 1. The van der Waals surface area contributed by atoms with Crippen molar-refractivity contribution in [3.05, 3.63) is 80.3 Å². The molecule has 0 aliphatic carbocycles. The number of hydrogen-bond acceptors (Lipinski definition) is 3. The minimum Gasteiger partial charge on any atom is -0.294 e. The third-order valence-electron chi connectivity index (χ3n) is 5.66. The van der Waals surface area contributed by atoms with Crippen LogP contribution in [0, 0.1) is 5.92 Å². The number of hydrogen-bond donors (Lipinski definition) is 0. The van der Waals surface area contributed by atoms with Crippen LogP contribution in [0.4, 0.5) is 30.7 Å². The molecule has 1 unspecified atom stereocenters. The number of allylic oxidation sites excluding steroid dienone is 1. The van der Waals surface area contributed by atoms with Crippen LogP contribution in [0.15, 0.2) is 43.0 Å². The predicted octanol–water partition coefficient (Wildman–Crippen LogP) is 8.47. The van der Waals surface area contributed by atoms with E-state index in [1.54, 1.807) is 0 Å². The highest BCUT2D eigenvalue weighted by Crippen LogP contribution is 2.42. The van der Waals surface area contributed by atoms with E-state index in [4.69, 9.17) is 39.6 Å². The van der Waals surface area contributed by atoms with Crippen LogP contribution in [-0.2, 0) is 9.63 Å². The van der Waals surface area contributed by atoms with E-state index in [-0.39, 0.29) is 36.8 Å². The van der Waals surface area contributed by atoms with Crippen LogP contribution in [0.1, 0.15) is 39.4 Å². The zero-order chi connectivity index (χ0) is 29.3. The van der Waals surface area contributed by atoms with Gasteiger partial charge in [-0.15, -0.1) is 0 Å². The smallest absolute Gasteiger partial charge is 0.294 e. The van der Waals surface area contributed by atoms with Gasteiger partial charge < -0.3 is 0 Å². The molecule has 1 aliphatic heterocycles. The molecule has 0 bridgehead atoms. The molecule has 3 rings (SSSR count). The Morgan fingerprint density at radius 1 is 1.10 bits per heavy atom. The predicted molar refractivity (Wildman–Crippen MR) is 132 cm³/mol. The van der Waals surface area contributed by atoms with Crippen LogP contribution < -0.4 is 0 Å². The van der Waals surface area contributed by atoms with E-state index in [0.29, 0.717) is 6.08 Å². The van der Waals surface area contributed by atoms with Crippen molar-refractivity contribution in [2.24, 2.45) is 5.92 Å². The molecule has 39 heavy (non-hydrogen) atoms. The first-order valence-corrected chi connectivity index (χ1v) is 12.0. The maximum Gasteiger partial charge on any atom is 0.408 e. The fourth-order valence-corrected chi connectivity index (χ4v) is 4.41. The van der Waals surface area contributed by atoms with E-state index in [1.165, 1.54) is 0 Å². The number of carbonyl (C=O) groups excluding carboxylic acids is 2. The monoisotopic (exact) mass is 617 g/mol. The maximum absolute atomic E-state index is 15.1. The summed E-state index contributed by atoms with van der Waals surface area (Å²) in [4.78, 5) is 29.7. The van der Waals surface area contributed by atoms with E-state index in [0.717, 1.165) is 36.4 Å². The third-order valence-corrected chi connectivity index (χ3v) is 6.86. The zero-order valence-corrected chi connectivity index (χ0v) is 21.7. The minimum atomic E-state index is -4.94. The first-order chi connectivity index (χ1) is 18.0. The van der Waals surface area contributed by atoms with E-state index in [2.05, 4.69) is 6.58 Å². The number of ketones is 1. The fraction of sp³-hybridized carbons (Fsp3) is 0.280. The molecule has 2 atom stereocenters. The Bertz CT molecular complexity index is 1300. The summed E-state index contributed by atoms with van der Waals surface area (Å²) >= 11 is 17.5. The normalized spacial score (nSPS) is 17.5. The number of alkyl halides is 6. The molecule has 1 heterocycles. The highest BCUT2D eigenvalue weighted by Gasteiger charge is 2.42. The second kappa shape index (κ2) is 11.9. The lowest BCUT2D eigenvalue weighted by Gasteiger charge is -2.19. The molecule has 0 radical (unpaired) electrons. The molecule has 0 aromatic heterocycles. The molecule has 4 nitrogen and oxygen atoms in total. The van der Waals surface area contributed by atoms with Crippen LogP contribution >= 0.6 is 34.8 Å². The fourth-order valence-electron chi connectivity index (χ4n) is 3.80. The molecule has 1 fully saturated rings. The van der Waals surface area contributed by atoms with Gasteiger partial charge in [-0.2, -0.15) is 26.3 Å². The largest absolute Gasteiger partial charge is 0.408 e. The van der Waals surface area contributed by atoms with Crippen LogP contribution in [0.3, 0.4) is 0 Å². The summed E-state index contributed by atoms with van der Waals surface area (Å²) in [6, 6.07) is 5.07. The van der Waals surface area contributed by atoms with Crippen molar-refractivity contribution in [3.63, 3.8) is 0 Å². The standard InChI is InChI=1S/C25H17Cl3F7NO3/c1-2-12-5-13(20(29)9-17(25(33,34)35)14-6-18(26)22(28)19(27)7-14)3-4-16(12)21(37)8-15-10-39-36(23(15)38)11-24(30,31)32/h2-7,9,15,17H,1,8,10-11H2/b20-9-/t15-,17?/m1/s1. The Labute approximate surface area is 232 Å². The Morgan fingerprint density at radius 2 is 1.72 bits per heavy atom. The quantitative estimate of drug-likeness (QED) is 0.169. The number of Topliss-reactive ketones (excluding diaryl/α,β-unsaturated/α-hetero) is 1. The number of benzene rings is 2. The molecule has 0 saturated carbocycles. The lowest BCUT2D eigenvalue weighted by atomic mass is 9.93. The van der Waals surface area contributed by atoms with Gasteiger partial charge in [0.25, 0.3) is 5.91 Å². The number of carbonyl (C=O) groups is 2. The number of hydroxylamine groups is 2. The maximum atomic E-state index is 15.1. The Morgan fingerprint density at radius 3 is 2.26 bits per heavy atom. The number of amides is 1. The van der Waals surface area contributed by atoms with Gasteiger partial charge in [0.2, 0.25) is 0 Å². The lowest BCUT2D eigenvalue weighted by molar-refractivity contribution is -0.214. The second-order valence-electron chi connectivity index (χ2n) is 8.45. The summed E-state index contributed by atoms with van der Waals surface area (Å²) in [5.74, 6) is -6.63. The molecule has 1 aliphatic rings. The van der Waals surface area contributed by atoms with Crippen LogP contribution in [0.5, 0.6) is 0 Å². The summed E-state index contributed by atoms with van der Waals surface area (Å²) in [7, 11) is 0. The van der Waals surface area contributed by atoms with Gasteiger partial charge in [-0.25, -0.2) is 9.45 Å². The van der Waals surface area contributed by atoms with Crippen LogP contribution in [0.2, 0.25) is 15.1 Å².